The number of carbonyl (C=O) groups is 2. The van der Waals surface area contributed by atoms with Crippen LogP contribution in [0.15, 0.2) is 60.9 Å². The highest BCUT2D eigenvalue weighted by atomic mass is 16.5. The van der Waals surface area contributed by atoms with E-state index >= 15 is 0 Å². The van der Waals surface area contributed by atoms with Crippen LogP contribution in [0.3, 0.4) is 0 Å². The van der Waals surface area contributed by atoms with Crippen LogP contribution >= 0.6 is 0 Å². The second kappa shape index (κ2) is 8.41. The normalized spacial score (nSPS) is 24.1. The van der Waals surface area contributed by atoms with Gasteiger partial charge in [0.05, 0.1) is 25.8 Å². The smallest absolute Gasteiger partial charge is 0.252 e. The van der Waals surface area contributed by atoms with Gasteiger partial charge in [-0.3, -0.25) is 29.3 Å². The van der Waals surface area contributed by atoms with Crippen LogP contribution in [0.1, 0.15) is 17.5 Å². The molecule has 4 heterocycles. The molecular weight excluding hydrogens is 444 g/mol. The molecule has 8 heteroatoms. The van der Waals surface area contributed by atoms with E-state index in [4.69, 9.17) is 4.74 Å². The number of hydrogen-bond acceptors (Lipinski definition) is 7. The quantitative estimate of drug-likeness (QED) is 0.567. The first-order valence-corrected chi connectivity index (χ1v) is 12.0. The molecule has 0 bridgehead atoms. The molecule has 3 aliphatic rings. The maximum absolute atomic E-state index is 13.8. The second-order valence-electron chi connectivity index (χ2n) is 9.80. The number of benzene rings is 2. The van der Waals surface area contributed by atoms with Crippen LogP contribution in [0.4, 0.5) is 0 Å². The Kier molecular flexibility index (Phi) is 5.32. The molecule has 180 valence electrons. The van der Waals surface area contributed by atoms with Crippen molar-refractivity contribution in [1.82, 2.24) is 19.7 Å². The monoisotopic (exact) mass is 472 g/mol. The Bertz CT molecular complexity index is 1290. The number of imide groups is 1. The number of carbonyl (C=O) groups excluding carboxylic acids is 2. The van der Waals surface area contributed by atoms with Crippen molar-refractivity contribution >= 4 is 22.6 Å². The third kappa shape index (κ3) is 3.52. The van der Waals surface area contributed by atoms with Gasteiger partial charge in [0.1, 0.15) is 11.3 Å². The average molecular weight is 473 g/mol. The summed E-state index contributed by atoms with van der Waals surface area (Å²) in [6, 6.07) is 15.4. The van der Waals surface area contributed by atoms with Crippen LogP contribution in [-0.4, -0.2) is 81.0 Å². The van der Waals surface area contributed by atoms with Crippen molar-refractivity contribution in [2.45, 2.75) is 37.2 Å². The van der Waals surface area contributed by atoms with Crippen molar-refractivity contribution in [3.05, 3.63) is 72.1 Å². The molecule has 2 aromatic carbocycles. The van der Waals surface area contributed by atoms with Gasteiger partial charge in [-0.2, -0.15) is 0 Å². The zero-order valence-corrected chi connectivity index (χ0v) is 19.6. The maximum Gasteiger partial charge on any atom is 0.252 e. The zero-order valence-electron chi connectivity index (χ0n) is 19.6. The number of aliphatic hydroxyl groups excluding tert-OH is 1. The summed E-state index contributed by atoms with van der Waals surface area (Å²) in [5, 5.41) is 12.6. The van der Waals surface area contributed by atoms with Gasteiger partial charge in [-0.15, -0.1) is 0 Å². The van der Waals surface area contributed by atoms with Crippen LogP contribution in [0.5, 0.6) is 5.75 Å². The summed E-state index contributed by atoms with van der Waals surface area (Å²) < 4.78 is 5.53. The fraction of sp³-hybridized carbons (Fsp3) is 0.370. The number of pyridine rings is 1. The predicted molar refractivity (Wildman–Crippen MR) is 129 cm³/mol. The molecule has 1 aromatic heterocycles. The third-order valence-corrected chi connectivity index (χ3v) is 7.65. The lowest BCUT2D eigenvalue weighted by atomic mass is 9.82. The van der Waals surface area contributed by atoms with E-state index in [2.05, 4.69) is 28.1 Å². The molecule has 2 amide bonds. The number of nitrogens with zero attached hydrogens (tertiary/aromatic N) is 4. The first kappa shape index (κ1) is 22.2. The van der Waals surface area contributed by atoms with E-state index in [0.717, 1.165) is 22.1 Å². The maximum atomic E-state index is 13.8. The lowest BCUT2D eigenvalue weighted by molar-refractivity contribution is -0.181. The van der Waals surface area contributed by atoms with Crippen molar-refractivity contribution in [2.75, 3.05) is 26.7 Å². The Balaban J connectivity index is 1.27. The van der Waals surface area contributed by atoms with Crippen LogP contribution in [0.25, 0.3) is 10.8 Å². The summed E-state index contributed by atoms with van der Waals surface area (Å²) in [5.41, 5.74) is 1.19. The van der Waals surface area contributed by atoms with Gasteiger partial charge in [0.25, 0.3) is 5.91 Å². The zero-order chi connectivity index (χ0) is 24.2. The molecule has 0 aliphatic carbocycles. The summed E-state index contributed by atoms with van der Waals surface area (Å²) in [6.07, 6.45) is 3.12. The lowest BCUT2D eigenvalue weighted by Crippen LogP contribution is -2.81. The van der Waals surface area contributed by atoms with Crippen molar-refractivity contribution < 1.29 is 19.4 Å². The van der Waals surface area contributed by atoms with E-state index in [1.165, 1.54) is 10.5 Å². The summed E-state index contributed by atoms with van der Waals surface area (Å²) in [5.74, 6) is 0.443. The van der Waals surface area contributed by atoms with Gasteiger partial charge in [-0.25, -0.2) is 0 Å². The molecule has 1 N–H and O–H groups in total. The molecule has 3 fully saturated rings. The van der Waals surface area contributed by atoms with Gasteiger partial charge in [0.15, 0.2) is 0 Å². The number of fused-ring (bicyclic) bond motifs is 3. The molecule has 2 unspecified atom stereocenters. The summed E-state index contributed by atoms with van der Waals surface area (Å²) in [6.45, 7) is 2.29. The number of aliphatic hydroxyl groups is 1. The average Bonchev–Trinajstić information content (AvgIpc) is 3.25. The number of amides is 2. The standard InChI is InChI=1S/C27H28N4O4/c1-35-24-9-8-19(21-6-2-3-7-22(21)24)14-29-16-27(17-29)26(34)30(13-18-5-4-10-28-12-18)25(33)23-11-20(32)15-31(23)27/h2-10,12,20,23,32H,11,13-17H2,1H3. The number of hydrogen-bond donors (Lipinski definition) is 1. The summed E-state index contributed by atoms with van der Waals surface area (Å²) in [7, 11) is 1.68. The fourth-order valence-electron chi connectivity index (χ4n) is 6.01. The molecule has 3 aliphatic heterocycles. The van der Waals surface area contributed by atoms with E-state index in [-0.39, 0.29) is 18.4 Å². The molecule has 6 rings (SSSR count). The minimum Gasteiger partial charge on any atom is -0.496 e. The number of ether oxygens (including phenoxy) is 1. The Hall–Kier alpha value is -3.33. The van der Waals surface area contributed by atoms with E-state index in [0.29, 0.717) is 32.6 Å². The van der Waals surface area contributed by atoms with Gasteiger partial charge in [-0.1, -0.05) is 36.4 Å². The number of rotatable bonds is 5. The minimum atomic E-state index is -0.791. The molecule has 3 aromatic rings. The van der Waals surface area contributed by atoms with Crippen LogP contribution in [0, 0.1) is 0 Å². The molecular formula is C27H28N4O4. The number of aromatic nitrogens is 1. The number of likely N-dealkylation sites (tertiary alicyclic amines) is 1. The van der Waals surface area contributed by atoms with E-state index < -0.39 is 17.7 Å². The van der Waals surface area contributed by atoms with E-state index in [1.54, 1.807) is 25.6 Å². The first-order valence-electron chi connectivity index (χ1n) is 12.0. The molecule has 1 spiro atoms. The Morgan fingerprint density at radius 3 is 2.60 bits per heavy atom. The molecule has 2 atom stereocenters. The fourth-order valence-corrected chi connectivity index (χ4v) is 6.01. The van der Waals surface area contributed by atoms with Gasteiger partial charge in [0, 0.05) is 44.0 Å². The first-order chi connectivity index (χ1) is 17.0. The van der Waals surface area contributed by atoms with Gasteiger partial charge >= 0.3 is 0 Å². The highest BCUT2D eigenvalue weighted by molar-refractivity contribution is 6.06. The van der Waals surface area contributed by atoms with Crippen molar-refractivity contribution in [3.63, 3.8) is 0 Å². The number of β-amino-alcohol motifs (C(OH)–C–C–N with tert-alkyl or cyclic N) is 1. The summed E-state index contributed by atoms with van der Waals surface area (Å²) in [4.78, 5) is 36.8. The van der Waals surface area contributed by atoms with Gasteiger partial charge < -0.3 is 9.84 Å². The van der Waals surface area contributed by atoms with Crippen LogP contribution < -0.4 is 4.74 Å². The largest absolute Gasteiger partial charge is 0.496 e. The van der Waals surface area contributed by atoms with Crippen molar-refractivity contribution in [1.29, 1.82) is 0 Å². The molecule has 3 saturated heterocycles. The van der Waals surface area contributed by atoms with Crippen LogP contribution in [-0.2, 0) is 22.7 Å². The molecule has 0 saturated carbocycles. The third-order valence-electron chi connectivity index (χ3n) is 7.65. The molecule has 0 radical (unpaired) electrons. The summed E-state index contributed by atoms with van der Waals surface area (Å²) >= 11 is 0. The second-order valence-corrected chi connectivity index (χ2v) is 9.80. The highest BCUT2D eigenvalue weighted by Crippen LogP contribution is 2.42. The van der Waals surface area contributed by atoms with E-state index in [1.807, 2.05) is 29.2 Å². The van der Waals surface area contributed by atoms with Crippen molar-refractivity contribution in [3.8, 4) is 5.75 Å². The topological polar surface area (TPSA) is 86.2 Å². The SMILES string of the molecule is COc1ccc(CN2CC3(C2)C(=O)N(Cc2cccnc2)C(=O)C2CC(O)CN23)c2ccccc12. The molecule has 35 heavy (non-hydrogen) atoms. The Morgan fingerprint density at radius 1 is 1.06 bits per heavy atom. The number of piperazine rings is 1. The van der Waals surface area contributed by atoms with Crippen molar-refractivity contribution in [2.24, 2.45) is 0 Å². The Labute approximate surface area is 203 Å². The molecule has 8 nitrogen and oxygen atoms in total. The predicted octanol–water partition coefficient (Wildman–Crippen LogP) is 1.80. The highest BCUT2D eigenvalue weighted by Gasteiger charge is 2.64. The minimum absolute atomic E-state index is 0.174. The van der Waals surface area contributed by atoms with Gasteiger partial charge in [0.2, 0.25) is 5.91 Å². The van der Waals surface area contributed by atoms with Crippen LogP contribution in [0.2, 0.25) is 0 Å². The lowest BCUT2D eigenvalue weighted by Gasteiger charge is -2.58. The Morgan fingerprint density at radius 2 is 1.86 bits per heavy atom. The van der Waals surface area contributed by atoms with E-state index in [9.17, 15) is 14.7 Å². The number of methoxy groups -OCH3 is 1. The van der Waals surface area contributed by atoms with Gasteiger partial charge in [-0.05, 0) is 35.1 Å².